The number of halogens is 5. The Morgan fingerprint density at radius 2 is 1.96 bits per heavy atom. The average molecular weight is 405 g/mol. The summed E-state index contributed by atoms with van der Waals surface area (Å²) in [5, 5.41) is 2.86. The van der Waals surface area contributed by atoms with Crippen LogP contribution in [0.15, 0.2) is 30.5 Å². The van der Waals surface area contributed by atoms with E-state index in [-0.39, 0.29) is 12.3 Å². The van der Waals surface area contributed by atoms with Gasteiger partial charge in [0.15, 0.2) is 6.61 Å². The third kappa shape index (κ3) is 4.17. The molecule has 1 amide bonds. The van der Waals surface area contributed by atoms with Gasteiger partial charge in [-0.1, -0.05) is 23.2 Å². The van der Waals surface area contributed by atoms with E-state index in [0.717, 1.165) is 6.20 Å². The smallest absolute Gasteiger partial charge is 0.433 e. The van der Waals surface area contributed by atoms with E-state index in [1.165, 1.54) is 6.07 Å². The molecule has 0 aliphatic heterocycles. The van der Waals surface area contributed by atoms with Crippen LogP contribution in [0.25, 0.3) is 11.0 Å². The van der Waals surface area contributed by atoms with Crippen molar-refractivity contribution in [3.05, 3.63) is 52.0 Å². The van der Waals surface area contributed by atoms with E-state index < -0.39 is 18.0 Å². The van der Waals surface area contributed by atoms with E-state index >= 15 is 0 Å². The van der Waals surface area contributed by atoms with Crippen LogP contribution in [0.2, 0.25) is 10.0 Å². The molecule has 0 aliphatic rings. The number of nitrogens with zero attached hydrogens (tertiary/aromatic N) is 2. The fourth-order valence-electron chi connectivity index (χ4n) is 2.08. The van der Waals surface area contributed by atoms with E-state index in [9.17, 15) is 18.0 Å². The van der Waals surface area contributed by atoms with Crippen LogP contribution >= 0.6 is 23.2 Å². The lowest BCUT2D eigenvalue weighted by atomic mass is 10.3. The van der Waals surface area contributed by atoms with Gasteiger partial charge in [0.25, 0.3) is 0 Å². The molecule has 2 N–H and O–H groups in total. The number of aromatic nitrogens is 3. The standard InChI is InChI=1S/C15H9Cl2F3N4O2/c16-8-4-10-11(5-9(8)17)24-13(23-10)6-26-14(25)22-7-1-2-21-12(3-7)15(18,19)20/h1-5H,6H2,(H,23,24)(H,21,22,25). The number of rotatable bonds is 3. The molecule has 11 heteroatoms. The third-order valence-corrected chi connectivity index (χ3v) is 3.93. The number of hydrogen-bond donors (Lipinski definition) is 2. The zero-order chi connectivity index (χ0) is 18.9. The van der Waals surface area contributed by atoms with Crippen molar-refractivity contribution in [3.63, 3.8) is 0 Å². The van der Waals surface area contributed by atoms with Crippen molar-refractivity contribution in [2.24, 2.45) is 0 Å². The van der Waals surface area contributed by atoms with Gasteiger partial charge >= 0.3 is 12.3 Å². The number of pyridine rings is 1. The summed E-state index contributed by atoms with van der Waals surface area (Å²) in [6.07, 6.45) is -4.62. The fourth-order valence-corrected chi connectivity index (χ4v) is 2.40. The van der Waals surface area contributed by atoms with Gasteiger partial charge in [0.05, 0.1) is 21.1 Å². The van der Waals surface area contributed by atoms with Crippen molar-refractivity contribution in [2.75, 3.05) is 5.32 Å². The molecule has 0 radical (unpaired) electrons. The maximum absolute atomic E-state index is 12.6. The minimum absolute atomic E-state index is 0.0968. The van der Waals surface area contributed by atoms with Gasteiger partial charge in [0, 0.05) is 11.9 Å². The van der Waals surface area contributed by atoms with Crippen molar-refractivity contribution in [1.29, 1.82) is 0 Å². The van der Waals surface area contributed by atoms with Gasteiger partial charge in [-0.05, 0) is 24.3 Å². The first kappa shape index (κ1) is 18.3. The highest BCUT2D eigenvalue weighted by Crippen LogP contribution is 2.29. The molecule has 2 heterocycles. The van der Waals surface area contributed by atoms with Crippen LogP contribution in [0.3, 0.4) is 0 Å². The van der Waals surface area contributed by atoms with Crippen molar-refractivity contribution >= 4 is 46.0 Å². The molecule has 0 spiro atoms. The van der Waals surface area contributed by atoms with Crippen LogP contribution in [-0.4, -0.2) is 21.0 Å². The lowest BCUT2D eigenvalue weighted by molar-refractivity contribution is -0.141. The lowest BCUT2D eigenvalue weighted by Gasteiger charge is -2.09. The highest BCUT2D eigenvalue weighted by Gasteiger charge is 2.32. The Morgan fingerprint density at radius 1 is 1.23 bits per heavy atom. The van der Waals surface area contributed by atoms with Gasteiger partial charge in [0.1, 0.15) is 11.5 Å². The lowest BCUT2D eigenvalue weighted by Crippen LogP contribution is -2.15. The zero-order valence-electron chi connectivity index (χ0n) is 12.7. The average Bonchev–Trinajstić information content (AvgIpc) is 2.94. The third-order valence-electron chi connectivity index (χ3n) is 3.21. The number of anilines is 1. The molecule has 0 saturated heterocycles. The number of alkyl halides is 3. The molecule has 136 valence electrons. The molecular weight excluding hydrogens is 396 g/mol. The number of H-pyrrole nitrogens is 1. The quantitative estimate of drug-likeness (QED) is 0.641. The normalized spacial score (nSPS) is 11.6. The number of hydrogen-bond acceptors (Lipinski definition) is 4. The monoisotopic (exact) mass is 404 g/mol. The first-order chi connectivity index (χ1) is 12.2. The number of fused-ring (bicyclic) bond motifs is 1. The SMILES string of the molecule is O=C(Nc1ccnc(C(F)(F)F)c1)OCc1nc2cc(Cl)c(Cl)cc2[nH]1. The fraction of sp³-hybridized carbons (Fsp3) is 0.133. The Bertz CT molecular complexity index is 936. The van der Waals surface area contributed by atoms with Gasteiger partial charge in [-0.3, -0.25) is 10.3 Å². The summed E-state index contributed by atoms with van der Waals surface area (Å²) in [6, 6.07) is 5.04. The predicted octanol–water partition coefficient (Wildman–Crippen LogP) is 5.03. The van der Waals surface area contributed by atoms with Gasteiger partial charge in [-0.15, -0.1) is 0 Å². The summed E-state index contributed by atoms with van der Waals surface area (Å²) in [4.78, 5) is 22.0. The molecule has 1 aromatic carbocycles. The van der Waals surface area contributed by atoms with E-state index in [1.54, 1.807) is 12.1 Å². The Balaban J connectivity index is 1.64. The Morgan fingerprint density at radius 3 is 2.69 bits per heavy atom. The molecule has 3 aromatic rings. The van der Waals surface area contributed by atoms with Gasteiger partial charge in [0.2, 0.25) is 0 Å². The summed E-state index contributed by atoms with van der Waals surface area (Å²) >= 11 is 11.8. The maximum atomic E-state index is 12.6. The van der Waals surface area contributed by atoms with E-state index in [4.69, 9.17) is 27.9 Å². The summed E-state index contributed by atoms with van der Waals surface area (Å²) in [6.45, 7) is -0.229. The Kier molecular flexibility index (Phi) is 4.92. The van der Waals surface area contributed by atoms with E-state index in [0.29, 0.717) is 33.0 Å². The number of carbonyl (C=O) groups is 1. The summed E-state index contributed by atoms with van der Waals surface area (Å²) in [5.74, 6) is 0.319. The molecule has 0 bridgehead atoms. The number of ether oxygens (including phenoxy) is 1. The van der Waals surface area contributed by atoms with Crippen molar-refractivity contribution in [2.45, 2.75) is 12.8 Å². The van der Waals surface area contributed by atoms with Gasteiger partial charge < -0.3 is 9.72 Å². The number of carbonyl (C=O) groups excluding carboxylic acids is 1. The maximum Gasteiger partial charge on any atom is 0.433 e. The highest BCUT2D eigenvalue weighted by atomic mass is 35.5. The number of nitrogens with one attached hydrogen (secondary N) is 2. The predicted molar refractivity (Wildman–Crippen MR) is 89.2 cm³/mol. The topological polar surface area (TPSA) is 79.9 Å². The van der Waals surface area contributed by atoms with E-state index in [1.807, 2.05) is 0 Å². The van der Waals surface area contributed by atoms with Crippen LogP contribution in [0, 0.1) is 0 Å². The van der Waals surface area contributed by atoms with Crippen molar-refractivity contribution < 1.29 is 22.7 Å². The number of imidazole rings is 1. The second-order valence-corrected chi connectivity index (χ2v) is 5.91. The van der Waals surface area contributed by atoms with Gasteiger partial charge in [-0.25, -0.2) is 9.78 Å². The molecule has 6 nitrogen and oxygen atoms in total. The molecule has 0 atom stereocenters. The van der Waals surface area contributed by atoms with Crippen LogP contribution in [-0.2, 0) is 17.5 Å². The number of aromatic amines is 1. The molecule has 0 fully saturated rings. The zero-order valence-corrected chi connectivity index (χ0v) is 14.2. The van der Waals surface area contributed by atoms with Crippen LogP contribution in [0.5, 0.6) is 0 Å². The summed E-state index contributed by atoms with van der Waals surface area (Å²) < 4.78 is 42.7. The highest BCUT2D eigenvalue weighted by molar-refractivity contribution is 6.42. The first-order valence-electron chi connectivity index (χ1n) is 7.03. The molecule has 2 aromatic heterocycles. The van der Waals surface area contributed by atoms with Crippen LogP contribution in [0.1, 0.15) is 11.5 Å². The van der Waals surface area contributed by atoms with Crippen LogP contribution < -0.4 is 5.32 Å². The Hall–Kier alpha value is -2.52. The number of benzene rings is 1. The largest absolute Gasteiger partial charge is 0.441 e. The molecular formula is C15H9Cl2F3N4O2. The first-order valence-corrected chi connectivity index (χ1v) is 7.78. The van der Waals surface area contributed by atoms with Gasteiger partial charge in [-0.2, -0.15) is 13.2 Å². The minimum Gasteiger partial charge on any atom is -0.441 e. The molecule has 3 rings (SSSR count). The second-order valence-electron chi connectivity index (χ2n) is 5.10. The minimum atomic E-state index is -4.61. The molecule has 0 aliphatic carbocycles. The molecule has 0 saturated carbocycles. The second kappa shape index (κ2) is 7.00. The molecule has 26 heavy (non-hydrogen) atoms. The van der Waals surface area contributed by atoms with E-state index in [2.05, 4.69) is 20.3 Å². The van der Waals surface area contributed by atoms with Crippen molar-refractivity contribution in [1.82, 2.24) is 15.0 Å². The van der Waals surface area contributed by atoms with Crippen molar-refractivity contribution in [3.8, 4) is 0 Å². The summed E-state index contributed by atoms with van der Waals surface area (Å²) in [5.41, 5.74) is -0.0911. The molecule has 0 unspecified atom stereocenters. The number of amides is 1. The Labute approximate surface area is 154 Å². The summed E-state index contributed by atoms with van der Waals surface area (Å²) in [7, 11) is 0. The van der Waals surface area contributed by atoms with Crippen LogP contribution in [0.4, 0.5) is 23.7 Å².